The van der Waals surface area contributed by atoms with Crippen molar-refractivity contribution in [3.63, 3.8) is 0 Å². The Bertz CT molecular complexity index is 1070. The van der Waals surface area contributed by atoms with Crippen LogP contribution in [0, 0.1) is 10.1 Å². The van der Waals surface area contributed by atoms with E-state index in [9.17, 15) is 14.9 Å². The summed E-state index contributed by atoms with van der Waals surface area (Å²) in [7, 11) is 2.96. The molecule has 0 spiro atoms. The van der Waals surface area contributed by atoms with E-state index in [0.717, 1.165) is 0 Å². The second kappa shape index (κ2) is 11.7. The summed E-state index contributed by atoms with van der Waals surface area (Å²) < 4.78 is 21.2. The third kappa shape index (κ3) is 6.60. The Labute approximate surface area is 193 Å². The van der Waals surface area contributed by atoms with Gasteiger partial charge in [-0.1, -0.05) is 6.07 Å². The predicted octanol–water partition coefficient (Wildman–Crippen LogP) is 2.99. The number of benzene rings is 1. The van der Waals surface area contributed by atoms with E-state index < -0.39 is 16.5 Å². The molecule has 3 aromatic rings. The van der Waals surface area contributed by atoms with Crippen LogP contribution in [0.15, 0.2) is 41.4 Å². The van der Waals surface area contributed by atoms with Gasteiger partial charge in [-0.15, -0.1) is 11.3 Å². The van der Waals surface area contributed by atoms with Crippen LogP contribution in [0.2, 0.25) is 0 Å². The molecule has 33 heavy (non-hydrogen) atoms. The number of carbonyl (C=O) groups excluding carboxylic acids is 1. The number of hydrogen-bond donors (Lipinski definition) is 1. The molecule has 1 aromatic carbocycles. The summed E-state index contributed by atoms with van der Waals surface area (Å²) >= 11 is 1.41. The van der Waals surface area contributed by atoms with Gasteiger partial charge >= 0.3 is 0 Å². The molecule has 2 aromatic heterocycles. The monoisotopic (exact) mass is 474 g/mol. The molecule has 2 heterocycles. The van der Waals surface area contributed by atoms with Gasteiger partial charge in [0.05, 0.1) is 35.9 Å². The van der Waals surface area contributed by atoms with Crippen molar-refractivity contribution >= 4 is 22.9 Å². The Hall–Kier alpha value is -3.77. The maximum atomic E-state index is 12.7. The molecule has 0 bridgehead atoms. The van der Waals surface area contributed by atoms with Gasteiger partial charge in [0.25, 0.3) is 11.6 Å². The van der Waals surface area contributed by atoms with Crippen molar-refractivity contribution in [2.45, 2.75) is 13.2 Å². The van der Waals surface area contributed by atoms with Crippen LogP contribution in [0.3, 0.4) is 0 Å². The van der Waals surface area contributed by atoms with Crippen molar-refractivity contribution in [2.24, 2.45) is 0 Å². The van der Waals surface area contributed by atoms with Gasteiger partial charge in [0.2, 0.25) is 5.88 Å². The minimum atomic E-state index is -0.641. The van der Waals surface area contributed by atoms with Gasteiger partial charge in [0.1, 0.15) is 18.8 Å². The van der Waals surface area contributed by atoms with Crippen molar-refractivity contribution in [2.75, 3.05) is 27.4 Å². The van der Waals surface area contributed by atoms with Crippen LogP contribution < -0.4 is 19.5 Å². The quantitative estimate of drug-likeness (QED) is 0.239. The van der Waals surface area contributed by atoms with Gasteiger partial charge in [0, 0.05) is 37.4 Å². The molecular weight excluding hydrogens is 452 g/mol. The maximum absolute atomic E-state index is 12.7. The summed E-state index contributed by atoms with van der Waals surface area (Å²) in [5, 5.41) is 16.1. The number of nitro benzene ring substituents is 1. The van der Waals surface area contributed by atoms with Crippen LogP contribution in [0.1, 0.15) is 21.6 Å². The maximum Gasteiger partial charge on any atom is 0.286 e. The van der Waals surface area contributed by atoms with Crippen LogP contribution in [0.5, 0.6) is 17.4 Å². The van der Waals surface area contributed by atoms with Gasteiger partial charge in [-0.3, -0.25) is 14.9 Å². The molecule has 1 amide bonds. The van der Waals surface area contributed by atoms with Gasteiger partial charge in [-0.25, -0.2) is 9.97 Å². The Balaban J connectivity index is 1.70. The Kier molecular flexibility index (Phi) is 8.49. The lowest BCUT2D eigenvalue weighted by molar-refractivity contribution is -0.385. The highest BCUT2D eigenvalue weighted by atomic mass is 32.1. The van der Waals surface area contributed by atoms with Crippen molar-refractivity contribution in [3.05, 3.63) is 68.3 Å². The molecule has 11 nitrogen and oxygen atoms in total. The highest BCUT2D eigenvalue weighted by molar-refractivity contribution is 7.07. The summed E-state index contributed by atoms with van der Waals surface area (Å²) in [6, 6.07) is 5.86. The molecule has 1 N–H and O–H groups in total. The Morgan fingerprint density at radius 3 is 2.64 bits per heavy atom. The molecule has 0 saturated carbocycles. The molecule has 3 rings (SSSR count). The first-order valence-electron chi connectivity index (χ1n) is 9.73. The standard InChI is InChI=1S/C21H22N4O7S/c1-29-5-6-31-20-4-3-14(9-22-20)10-23-21(26)16-7-18(30-2)19(8-17(16)25(27)28)32-11-15-12-33-13-24-15/h3-4,7-9,12-13H,5-6,10-11H2,1-2H3,(H,23,26). The van der Waals surface area contributed by atoms with Crippen LogP contribution in [0.25, 0.3) is 0 Å². The van der Waals surface area contributed by atoms with Gasteiger partial charge in [-0.2, -0.15) is 0 Å². The lowest BCUT2D eigenvalue weighted by atomic mass is 10.1. The number of thiazole rings is 1. The Morgan fingerprint density at radius 1 is 1.15 bits per heavy atom. The van der Waals surface area contributed by atoms with E-state index >= 15 is 0 Å². The summed E-state index contributed by atoms with van der Waals surface area (Å²) in [4.78, 5) is 32.0. The predicted molar refractivity (Wildman–Crippen MR) is 119 cm³/mol. The van der Waals surface area contributed by atoms with Gasteiger partial charge in [-0.05, 0) is 5.56 Å². The number of nitrogens with zero attached hydrogens (tertiary/aromatic N) is 3. The molecule has 0 saturated heterocycles. The first kappa shape index (κ1) is 23.9. The summed E-state index contributed by atoms with van der Waals surface area (Å²) in [6.45, 7) is 1.04. The van der Waals surface area contributed by atoms with E-state index in [1.165, 1.54) is 30.6 Å². The highest BCUT2D eigenvalue weighted by Crippen LogP contribution is 2.35. The highest BCUT2D eigenvalue weighted by Gasteiger charge is 2.25. The van der Waals surface area contributed by atoms with Crippen molar-refractivity contribution in [1.82, 2.24) is 15.3 Å². The number of amides is 1. The molecule has 0 fully saturated rings. The molecule has 0 aliphatic rings. The van der Waals surface area contributed by atoms with E-state index in [-0.39, 0.29) is 30.2 Å². The number of rotatable bonds is 12. The second-order valence-electron chi connectivity index (χ2n) is 6.57. The van der Waals surface area contributed by atoms with Crippen molar-refractivity contribution < 1.29 is 28.7 Å². The fourth-order valence-corrected chi connectivity index (χ4v) is 3.27. The fourth-order valence-electron chi connectivity index (χ4n) is 2.72. The topological polar surface area (TPSA) is 135 Å². The van der Waals surface area contributed by atoms with Gasteiger partial charge < -0.3 is 24.3 Å². The molecule has 0 aliphatic carbocycles. The lowest BCUT2D eigenvalue weighted by Gasteiger charge is -2.12. The molecule has 174 valence electrons. The van der Waals surface area contributed by atoms with E-state index in [1.54, 1.807) is 36.3 Å². The molecular formula is C21H22N4O7S. The number of carbonyl (C=O) groups is 1. The smallest absolute Gasteiger partial charge is 0.286 e. The molecule has 0 unspecified atom stereocenters. The normalized spacial score (nSPS) is 10.5. The Morgan fingerprint density at radius 2 is 2.00 bits per heavy atom. The number of aromatic nitrogens is 2. The van der Waals surface area contributed by atoms with Gasteiger partial charge in [0.15, 0.2) is 11.5 Å². The second-order valence-corrected chi connectivity index (χ2v) is 7.29. The van der Waals surface area contributed by atoms with Crippen LogP contribution in [0.4, 0.5) is 5.69 Å². The minimum absolute atomic E-state index is 0.112. The number of nitro groups is 1. The average molecular weight is 474 g/mol. The summed E-state index contributed by atoms with van der Waals surface area (Å²) in [6.07, 6.45) is 1.55. The molecule has 0 atom stereocenters. The first-order valence-corrected chi connectivity index (χ1v) is 10.7. The van der Waals surface area contributed by atoms with E-state index in [4.69, 9.17) is 18.9 Å². The largest absolute Gasteiger partial charge is 0.493 e. The minimum Gasteiger partial charge on any atom is -0.493 e. The zero-order valence-electron chi connectivity index (χ0n) is 18.0. The number of ether oxygens (including phenoxy) is 4. The fraction of sp³-hybridized carbons (Fsp3) is 0.286. The number of nitrogens with one attached hydrogen (secondary N) is 1. The van der Waals surface area contributed by atoms with E-state index in [1.807, 2.05) is 0 Å². The number of methoxy groups -OCH3 is 2. The first-order chi connectivity index (χ1) is 16.0. The van der Waals surface area contributed by atoms with E-state index in [2.05, 4.69) is 15.3 Å². The zero-order chi connectivity index (χ0) is 23.6. The van der Waals surface area contributed by atoms with Crippen LogP contribution in [-0.2, 0) is 17.9 Å². The van der Waals surface area contributed by atoms with Crippen molar-refractivity contribution in [1.29, 1.82) is 0 Å². The zero-order valence-corrected chi connectivity index (χ0v) is 18.8. The molecule has 0 aliphatic heterocycles. The van der Waals surface area contributed by atoms with Crippen LogP contribution >= 0.6 is 11.3 Å². The number of pyridine rings is 1. The SMILES string of the molecule is COCCOc1ccc(CNC(=O)c2cc(OC)c(OCc3cscn3)cc2[N+](=O)[O-])cn1. The third-order valence-electron chi connectivity index (χ3n) is 4.37. The number of hydrogen-bond acceptors (Lipinski definition) is 10. The third-order valence-corrected chi connectivity index (χ3v) is 5.01. The van der Waals surface area contributed by atoms with Crippen molar-refractivity contribution in [3.8, 4) is 17.4 Å². The molecule has 12 heteroatoms. The lowest BCUT2D eigenvalue weighted by Crippen LogP contribution is -2.24. The molecule has 0 radical (unpaired) electrons. The summed E-state index contributed by atoms with van der Waals surface area (Å²) in [5.41, 5.74) is 2.48. The van der Waals surface area contributed by atoms with Crippen LogP contribution in [-0.4, -0.2) is 48.2 Å². The summed E-state index contributed by atoms with van der Waals surface area (Å²) in [5.74, 6) is 0.129. The average Bonchev–Trinajstić information content (AvgIpc) is 3.35. The van der Waals surface area contributed by atoms with E-state index in [0.29, 0.717) is 30.4 Å².